The molecule has 3 aliphatic rings. The molecule has 3 nitrogen and oxygen atoms in total. The van der Waals surface area contributed by atoms with E-state index in [9.17, 15) is 5.11 Å². The highest BCUT2D eigenvalue weighted by atomic mass is 16.3. The smallest absolute Gasteiger partial charge is 0.0477 e. The zero-order valence-electron chi connectivity index (χ0n) is 10.1. The molecule has 0 unspecified atom stereocenters. The first-order chi connectivity index (χ1) is 7.84. The summed E-state index contributed by atoms with van der Waals surface area (Å²) in [6, 6.07) is 0.787. The molecule has 2 saturated heterocycles. The molecule has 3 rings (SSSR count). The third-order valence-electron chi connectivity index (χ3n) is 5.23. The van der Waals surface area contributed by atoms with Gasteiger partial charge >= 0.3 is 0 Å². The molecule has 0 bridgehead atoms. The van der Waals surface area contributed by atoms with Crippen LogP contribution in [0.5, 0.6) is 0 Å². The fourth-order valence-corrected chi connectivity index (χ4v) is 3.97. The lowest BCUT2D eigenvalue weighted by atomic mass is 9.63. The van der Waals surface area contributed by atoms with Gasteiger partial charge < -0.3 is 10.4 Å². The molecule has 2 aliphatic heterocycles. The van der Waals surface area contributed by atoms with Gasteiger partial charge in [-0.2, -0.15) is 0 Å². The van der Waals surface area contributed by atoms with Crippen LogP contribution >= 0.6 is 0 Å². The Balaban J connectivity index is 1.65. The van der Waals surface area contributed by atoms with Gasteiger partial charge in [-0.1, -0.05) is 6.42 Å². The number of piperidine rings is 1. The second kappa shape index (κ2) is 4.28. The van der Waals surface area contributed by atoms with Crippen LogP contribution in [0.1, 0.15) is 32.1 Å². The Bertz CT molecular complexity index is 246. The van der Waals surface area contributed by atoms with Crippen LogP contribution in [-0.2, 0) is 0 Å². The van der Waals surface area contributed by atoms with Crippen molar-refractivity contribution < 1.29 is 5.11 Å². The van der Waals surface area contributed by atoms with Crippen molar-refractivity contribution >= 4 is 0 Å². The minimum absolute atomic E-state index is 0.404. The molecular weight excluding hydrogens is 200 g/mol. The monoisotopic (exact) mass is 224 g/mol. The van der Waals surface area contributed by atoms with Gasteiger partial charge in [-0.15, -0.1) is 0 Å². The Morgan fingerprint density at radius 1 is 1.25 bits per heavy atom. The molecule has 0 aromatic carbocycles. The molecule has 0 aromatic heterocycles. The summed E-state index contributed by atoms with van der Waals surface area (Å²) in [5.74, 6) is 0.566. The predicted octanol–water partition coefficient (Wildman–Crippen LogP) is 0.833. The molecule has 1 saturated carbocycles. The van der Waals surface area contributed by atoms with Gasteiger partial charge in [-0.05, 0) is 44.2 Å². The van der Waals surface area contributed by atoms with E-state index in [0.29, 0.717) is 17.9 Å². The SMILES string of the molecule is OC[C@@H]1CN(C2CCNCC2)CC12CCC2. The number of nitrogens with zero attached hydrogens (tertiary/aromatic N) is 1. The molecule has 3 fully saturated rings. The van der Waals surface area contributed by atoms with E-state index in [4.69, 9.17) is 0 Å². The van der Waals surface area contributed by atoms with Crippen LogP contribution in [0, 0.1) is 11.3 Å². The third kappa shape index (κ3) is 1.69. The minimum atomic E-state index is 0.404. The van der Waals surface area contributed by atoms with Crippen LogP contribution < -0.4 is 5.32 Å². The Labute approximate surface area is 98.2 Å². The number of hydrogen-bond donors (Lipinski definition) is 2. The number of nitrogens with one attached hydrogen (secondary N) is 1. The number of rotatable bonds is 2. The van der Waals surface area contributed by atoms with Crippen LogP contribution in [0.2, 0.25) is 0 Å². The first-order valence-electron chi connectivity index (χ1n) is 6.90. The lowest BCUT2D eigenvalue weighted by Crippen LogP contribution is -2.44. The summed E-state index contributed by atoms with van der Waals surface area (Å²) in [5, 5.41) is 13.0. The van der Waals surface area contributed by atoms with Gasteiger partial charge in [0.1, 0.15) is 0 Å². The molecule has 3 heteroatoms. The third-order valence-corrected chi connectivity index (χ3v) is 5.23. The topological polar surface area (TPSA) is 35.5 Å². The highest BCUT2D eigenvalue weighted by Gasteiger charge is 2.50. The summed E-state index contributed by atoms with van der Waals surface area (Å²) < 4.78 is 0. The molecule has 2 N–H and O–H groups in total. The van der Waals surface area contributed by atoms with Crippen molar-refractivity contribution in [1.29, 1.82) is 0 Å². The summed E-state index contributed by atoms with van der Waals surface area (Å²) in [7, 11) is 0. The predicted molar refractivity (Wildman–Crippen MR) is 64.3 cm³/mol. The van der Waals surface area contributed by atoms with E-state index in [1.165, 1.54) is 51.7 Å². The average Bonchev–Trinajstić information content (AvgIpc) is 2.69. The van der Waals surface area contributed by atoms with E-state index >= 15 is 0 Å². The summed E-state index contributed by atoms with van der Waals surface area (Å²) in [4.78, 5) is 2.68. The Kier molecular flexibility index (Phi) is 2.94. The first kappa shape index (κ1) is 11.0. The van der Waals surface area contributed by atoms with E-state index in [1.807, 2.05) is 0 Å². The molecule has 1 aliphatic carbocycles. The van der Waals surface area contributed by atoms with Gasteiger partial charge in [0, 0.05) is 31.7 Å². The van der Waals surface area contributed by atoms with Crippen LogP contribution in [0.3, 0.4) is 0 Å². The maximum Gasteiger partial charge on any atom is 0.0477 e. The number of hydrogen-bond acceptors (Lipinski definition) is 3. The van der Waals surface area contributed by atoms with Crippen molar-refractivity contribution in [3.8, 4) is 0 Å². The fourth-order valence-electron chi connectivity index (χ4n) is 3.97. The molecule has 1 spiro atoms. The summed E-state index contributed by atoms with van der Waals surface area (Å²) in [5.41, 5.74) is 0.514. The lowest BCUT2D eigenvalue weighted by Gasteiger charge is -2.43. The van der Waals surface area contributed by atoms with Crippen molar-refractivity contribution in [2.24, 2.45) is 11.3 Å². The fraction of sp³-hybridized carbons (Fsp3) is 1.00. The molecule has 0 aromatic rings. The molecule has 16 heavy (non-hydrogen) atoms. The van der Waals surface area contributed by atoms with Crippen molar-refractivity contribution in [3.63, 3.8) is 0 Å². The van der Waals surface area contributed by atoms with Crippen LogP contribution in [0.15, 0.2) is 0 Å². The van der Waals surface area contributed by atoms with Gasteiger partial charge in [0.15, 0.2) is 0 Å². The normalized spacial score (nSPS) is 35.4. The number of aliphatic hydroxyl groups excluding tert-OH is 1. The van der Waals surface area contributed by atoms with Gasteiger partial charge in [-0.3, -0.25) is 4.90 Å². The van der Waals surface area contributed by atoms with Crippen LogP contribution in [0.25, 0.3) is 0 Å². The van der Waals surface area contributed by atoms with E-state index in [0.717, 1.165) is 12.6 Å². The Hall–Kier alpha value is -0.120. The zero-order valence-corrected chi connectivity index (χ0v) is 10.1. The van der Waals surface area contributed by atoms with E-state index in [1.54, 1.807) is 0 Å². The van der Waals surface area contributed by atoms with Crippen LogP contribution in [-0.4, -0.2) is 48.8 Å². The molecular formula is C13H24N2O. The second-order valence-electron chi connectivity index (χ2n) is 6.01. The number of aliphatic hydroxyl groups is 1. The van der Waals surface area contributed by atoms with Gasteiger partial charge in [0.25, 0.3) is 0 Å². The summed E-state index contributed by atoms with van der Waals surface area (Å²) >= 11 is 0. The Morgan fingerprint density at radius 3 is 2.50 bits per heavy atom. The molecule has 2 heterocycles. The largest absolute Gasteiger partial charge is 0.396 e. The average molecular weight is 224 g/mol. The van der Waals surface area contributed by atoms with Crippen LogP contribution in [0.4, 0.5) is 0 Å². The van der Waals surface area contributed by atoms with Crippen molar-refractivity contribution in [2.45, 2.75) is 38.1 Å². The second-order valence-corrected chi connectivity index (χ2v) is 6.01. The molecule has 0 radical (unpaired) electrons. The van der Waals surface area contributed by atoms with E-state index < -0.39 is 0 Å². The molecule has 1 atom stereocenters. The van der Waals surface area contributed by atoms with Gasteiger partial charge in [-0.25, -0.2) is 0 Å². The van der Waals surface area contributed by atoms with Crippen molar-refractivity contribution in [1.82, 2.24) is 10.2 Å². The summed E-state index contributed by atoms with van der Waals surface area (Å²) in [6.45, 7) is 5.18. The highest BCUT2D eigenvalue weighted by Crippen LogP contribution is 2.52. The summed E-state index contributed by atoms with van der Waals surface area (Å²) in [6.07, 6.45) is 6.71. The maximum absolute atomic E-state index is 9.54. The zero-order chi connectivity index (χ0) is 11.0. The van der Waals surface area contributed by atoms with Gasteiger partial charge in [0.05, 0.1) is 0 Å². The molecule has 0 amide bonds. The van der Waals surface area contributed by atoms with Crippen molar-refractivity contribution in [2.75, 3.05) is 32.8 Å². The quantitative estimate of drug-likeness (QED) is 0.729. The maximum atomic E-state index is 9.54. The van der Waals surface area contributed by atoms with Gasteiger partial charge in [0.2, 0.25) is 0 Å². The lowest BCUT2D eigenvalue weighted by molar-refractivity contribution is 0.0520. The Morgan fingerprint density at radius 2 is 2.00 bits per heavy atom. The minimum Gasteiger partial charge on any atom is -0.396 e. The van der Waals surface area contributed by atoms with E-state index in [2.05, 4.69) is 10.2 Å². The first-order valence-corrected chi connectivity index (χ1v) is 6.90. The van der Waals surface area contributed by atoms with E-state index in [-0.39, 0.29) is 0 Å². The number of likely N-dealkylation sites (tertiary alicyclic amines) is 1. The highest BCUT2D eigenvalue weighted by molar-refractivity contribution is 5.03. The van der Waals surface area contributed by atoms with Crippen molar-refractivity contribution in [3.05, 3.63) is 0 Å². The standard InChI is InChI=1S/C13H24N2O/c16-9-11-8-15(10-13(11)4-1-5-13)12-2-6-14-7-3-12/h11-12,14,16H,1-10H2/t11-/m0/s1. The molecule has 92 valence electrons.